The lowest BCUT2D eigenvalue weighted by atomic mass is 10.0. The summed E-state index contributed by atoms with van der Waals surface area (Å²) in [5.74, 6) is 0.949. The second kappa shape index (κ2) is 8.03. The van der Waals surface area contributed by atoms with E-state index < -0.39 is 6.04 Å². The van der Waals surface area contributed by atoms with E-state index in [9.17, 15) is 9.18 Å². The highest BCUT2D eigenvalue weighted by Crippen LogP contribution is 2.22. The van der Waals surface area contributed by atoms with Crippen LogP contribution in [0.4, 0.5) is 4.39 Å². The Labute approximate surface area is 157 Å². The van der Waals surface area contributed by atoms with Crippen molar-refractivity contribution in [3.63, 3.8) is 0 Å². The van der Waals surface area contributed by atoms with Gasteiger partial charge in [0.1, 0.15) is 23.4 Å². The fraction of sp³-hybridized carbons (Fsp3) is 0.238. The molecule has 1 heterocycles. The van der Waals surface area contributed by atoms with Crippen LogP contribution in [0.25, 0.3) is 0 Å². The molecule has 0 unspecified atom stereocenters. The second-order valence-corrected chi connectivity index (χ2v) is 6.43. The molecule has 0 saturated heterocycles. The smallest absolute Gasteiger partial charge is 0.225 e. The Bertz CT molecular complexity index is 935. The van der Waals surface area contributed by atoms with Crippen LogP contribution < -0.4 is 10.1 Å². The molecule has 1 aromatic heterocycles. The minimum atomic E-state index is -0.467. The van der Waals surface area contributed by atoms with Gasteiger partial charge in [-0.25, -0.2) is 9.37 Å². The van der Waals surface area contributed by atoms with Crippen molar-refractivity contribution >= 4 is 5.91 Å². The van der Waals surface area contributed by atoms with Crippen molar-refractivity contribution in [2.45, 2.75) is 19.4 Å². The number of rotatable bonds is 6. The molecular formula is C21H22FN3O2. The molecule has 140 valence electrons. The molecule has 3 rings (SSSR count). The maximum atomic E-state index is 13.3. The van der Waals surface area contributed by atoms with Gasteiger partial charge in [-0.05, 0) is 41.8 Å². The quantitative estimate of drug-likeness (QED) is 0.727. The van der Waals surface area contributed by atoms with Gasteiger partial charge >= 0.3 is 0 Å². The Hall–Kier alpha value is -3.15. The van der Waals surface area contributed by atoms with Crippen molar-refractivity contribution in [2.75, 3.05) is 7.11 Å². The van der Waals surface area contributed by atoms with Crippen LogP contribution in [0.3, 0.4) is 0 Å². The molecule has 1 amide bonds. The van der Waals surface area contributed by atoms with Gasteiger partial charge in [-0.3, -0.25) is 4.79 Å². The number of imidazole rings is 1. The van der Waals surface area contributed by atoms with E-state index in [0.717, 1.165) is 22.4 Å². The molecule has 0 spiro atoms. The number of benzene rings is 2. The Morgan fingerprint density at radius 2 is 2.00 bits per heavy atom. The van der Waals surface area contributed by atoms with Crippen LogP contribution in [0, 0.1) is 12.7 Å². The van der Waals surface area contributed by atoms with Crippen LogP contribution >= 0.6 is 0 Å². The van der Waals surface area contributed by atoms with Crippen molar-refractivity contribution in [2.24, 2.45) is 7.05 Å². The lowest BCUT2D eigenvalue weighted by Crippen LogP contribution is -2.32. The summed E-state index contributed by atoms with van der Waals surface area (Å²) in [4.78, 5) is 17.0. The largest absolute Gasteiger partial charge is 0.496 e. The van der Waals surface area contributed by atoms with Crippen LogP contribution in [-0.2, 0) is 18.3 Å². The summed E-state index contributed by atoms with van der Waals surface area (Å²) in [6.07, 6.45) is 3.68. The number of carbonyl (C=O) groups is 1. The zero-order valence-electron chi connectivity index (χ0n) is 15.6. The zero-order valence-corrected chi connectivity index (χ0v) is 15.6. The van der Waals surface area contributed by atoms with E-state index in [0.29, 0.717) is 5.82 Å². The first kappa shape index (κ1) is 18.6. The van der Waals surface area contributed by atoms with Crippen molar-refractivity contribution in [3.05, 3.63) is 83.2 Å². The molecule has 0 aliphatic heterocycles. The van der Waals surface area contributed by atoms with Crippen LogP contribution in [0.15, 0.2) is 54.9 Å². The van der Waals surface area contributed by atoms with Crippen molar-refractivity contribution in [1.29, 1.82) is 0 Å². The molecule has 0 fully saturated rings. The average Bonchev–Trinajstić information content (AvgIpc) is 3.08. The molecule has 0 aliphatic rings. The highest BCUT2D eigenvalue weighted by atomic mass is 19.1. The van der Waals surface area contributed by atoms with E-state index >= 15 is 0 Å². The number of nitrogens with zero attached hydrogens (tertiary/aromatic N) is 2. The maximum absolute atomic E-state index is 13.3. The molecule has 0 radical (unpaired) electrons. The summed E-state index contributed by atoms with van der Waals surface area (Å²) in [7, 11) is 3.47. The number of hydrogen-bond acceptors (Lipinski definition) is 3. The molecule has 3 aromatic rings. The summed E-state index contributed by atoms with van der Waals surface area (Å²) < 4.78 is 20.5. The summed E-state index contributed by atoms with van der Waals surface area (Å²) in [5, 5.41) is 3.01. The predicted octanol–water partition coefficient (Wildman–Crippen LogP) is 3.32. The summed E-state index contributed by atoms with van der Waals surface area (Å²) in [6, 6.07) is 11.3. The maximum Gasteiger partial charge on any atom is 0.225 e. The number of methoxy groups -OCH3 is 1. The SMILES string of the molecule is COc1cc(CC(=O)N[C@H](c2ccc(F)cc2)c2nccn2C)ccc1C. The lowest BCUT2D eigenvalue weighted by Gasteiger charge is -2.19. The zero-order chi connectivity index (χ0) is 19.4. The van der Waals surface area contributed by atoms with Gasteiger partial charge in [0.25, 0.3) is 0 Å². The average molecular weight is 367 g/mol. The number of halogens is 1. The number of hydrogen-bond donors (Lipinski definition) is 1. The molecule has 1 atom stereocenters. The van der Waals surface area contributed by atoms with Gasteiger partial charge in [-0.2, -0.15) is 0 Å². The minimum Gasteiger partial charge on any atom is -0.496 e. The summed E-state index contributed by atoms with van der Waals surface area (Å²) in [5.41, 5.74) is 2.63. The molecule has 2 aromatic carbocycles. The van der Waals surface area contributed by atoms with E-state index in [1.165, 1.54) is 12.1 Å². The molecule has 0 saturated carbocycles. The second-order valence-electron chi connectivity index (χ2n) is 6.43. The molecule has 27 heavy (non-hydrogen) atoms. The van der Waals surface area contributed by atoms with Crippen molar-refractivity contribution < 1.29 is 13.9 Å². The number of carbonyl (C=O) groups excluding carboxylic acids is 1. The molecule has 1 N–H and O–H groups in total. The van der Waals surface area contributed by atoms with E-state index in [2.05, 4.69) is 10.3 Å². The Balaban J connectivity index is 1.82. The van der Waals surface area contributed by atoms with Gasteiger partial charge in [-0.15, -0.1) is 0 Å². The van der Waals surface area contributed by atoms with E-state index in [1.54, 1.807) is 25.4 Å². The van der Waals surface area contributed by atoms with Gasteiger partial charge in [0.05, 0.1) is 13.5 Å². The molecule has 0 bridgehead atoms. The number of ether oxygens (including phenoxy) is 1. The first-order valence-corrected chi connectivity index (χ1v) is 8.63. The van der Waals surface area contributed by atoms with Crippen LogP contribution in [0.1, 0.15) is 28.6 Å². The van der Waals surface area contributed by atoms with Crippen molar-refractivity contribution in [1.82, 2.24) is 14.9 Å². The normalized spacial score (nSPS) is 11.9. The summed E-state index contributed by atoms with van der Waals surface area (Å²) >= 11 is 0. The standard InChI is InChI=1S/C21H22FN3O2/c1-14-4-5-15(12-18(14)27-3)13-19(26)24-20(21-23-10-11-25(21)2)16-6-8-17(22)9-7-16/h4-12,20H,13H2,1-3H3,(H,24,26)/t20-/m1/s1. The highest BCUT2D eigenvalue weighted by molar-refractivity contribution is 5.79. The monoisotopic (exact) mass is 367 g/mol. The topological polar surface area (TPSA) is 56.1 Å². The lowest BCUT2D eigenvalue weighted by molar-refractivity contribution is -0.121. The van der Waals surface area contributed by atoms with E-state index in [1.807, 2.05) is 42.9 Å². The first-order chi connectivity index (χ1) is 13.0. The number of aromatic nitrogens is 2. The predicted molar refractivity (Wildman–Crippen MR) is 101 cm³/mol. The van der Waals surface area contributed by atoms with Gasteiger partial charge in [0, 0.05) is 19.4 Å². The van der Waals surface area contributed by atoms with E-state index in [4.69, 9.17) is 4.74 Å². The highest BCUT2D eigenvalue weighted by Gasteiger charge is 2.21. The Kier molecular flexibility index (Phi) is 5.54. The first-order valence-electron chi connectivity index (χ1n) is 8.63. The third-order valence-corrected chi connectivity index (χ3v) is 4.46. The number of nitrogens with one attached hydrogen (secondary N) is 1. The Morgan fingerprint density at radius 3 is 2.63 bits per heavy atom. The number of aryl methyl sites for hydroxylation is 2. The third-order valence-electron chi connectivity index (χ3n) is 4.46. The van der Waals surface area contributed by atoms with Crippen LogP contribution in [0.5, 0.6) is 5.75 Å². The molecule has 0 aliphatic carbocycles. The fourth-order valence-corrected chi connectivity index (χ4v) is 2.98. The van der Waals surface area contributed by atoms with Gasteiger partial charge in [0.15, 0.2) is 0 Å². The van der Waals surface area contributed by atoms with Crippen LogP contribution in [-0.4, -0.2) is 22.6 Å². The fourth-order valence-electron chi connectivity index (χ4n) is 2.98. The molecule has 5 nitrogen and oxygen atoms in total. The minimum absolute atomic E-state index is 0.154. The van der Waals surface area contributed by atoms with Crippen LogP contribution in [0.2, 0.25) is 0 Å². The van der Waals surface area contributed by atoms with Crippen molar-refractivity contribution in [3.8, 4) is 5.75 Å². The van der Waals surface area contributed by atoms with Gasteiger partial charge < -0.3 is 14.6 Å². The Morgan fingerprint density at radius 1 is 1.26 bits per heavy atom. The molecular weight excluding hydrogens is 345 g/mol. The van der Waals surface area contributed by atoms with E-state index in [-0.39, 0.29) is 18.1 Å². The number of amides is 1. The van der Waals surface area contributed by atoms with Gasteiger partial charge in [0.2, 0.25) is 5.91 Å². The van der Waals surface area contributed by atoms with Gasteiger partial charge in [-0.1, -0.05) is 24.3 Å². The third kappa shape index (κ3) is 4.34. The molecule has 6 heteroatoms. The summed E-state index contributed by atoms with van der Waals surface area (Å²) in [6.45, 7) is 1.95.